The Bertz CT molecular complexity index is 1380. The van der Waals surface area contributed by atoms with Gasteiger partial charge in [-0.2, -0.15) is 0 Å². The minimum atomic E-state index is -3.02. The van der Waals surface area contributed by atoms with Crippen LogP contribution >= 0.6 is 0 Å². The predicted molar refractivity (Wildman–Crippen MR) is 133 cm³/mol. The Morgan fingerprint density at radius 2 is 1.83 bits per heavy atom. The van der Waals surface area contributed by atoms with Crippen molar-refractivity contribution in [2.24, 2.45) is 0 Å². The molecular weight excluding hydrogens is 484 g/mol. The number of aliphatic hydroxyl groups is 2. The average Bonchev–Trinajstić information content (AvgIpc) is 3.36. The van der Waals surface area contributed by atoms with Gasteiger partial charge in [-0.3, -0.25) is 4.57 Å². The number of nitrogens with zero attached hydrogens (tertiary/aromatic N) is 5. The molecule has 5 heterocycles. The molecule has 0 amide bonds. The van der Waals surface area contributed by atoms with Crippen molar-refractivity contribution in [3.63, 3.8) is 0 Å². The highest BCUT2D eigenvalue weighted by Crippen LogP contribution is 2.37. The lowest BCUT2D eigenvalue weighted by Crippen LogP contribution is -2.34. The molecule has 192 valence electrons. The molecule has 2 saturated heterocycles. The van der Waals surface area contributed by atoms with E-state index in [1.807, 2.05) is 6.07 Å². The second-order valence-electron chi connectivity index (χ2n) is 9.90. The lowest BCUT2D eigenvalue weighted by Gasteiger charge is -2.29. The van der Waals surface area contributed by atoms with Crippen molar-refractivity contribution < 1.29 is 23.4 Å². The maximum Gasteiger partial charge on any atom is 0.207 e. The Labute approximate surface area is 209 Å². The van der Waals surface area contributed by atoms with Crippen LogP contribution in [0.15, 0.2) is 30.6 Å². The van der Waals surface area contributed by atoms with Gasteiger partial charge in [-0.05, 0) is 37.3 Å². The quantitative estimate of drug-likeness (QED) is 0.462. The summed E-state index contributed by atoms with van der Waals surface area (Å²) in [4.78, 5) is 16.1. The standard InChI is InChI=1S/C24H30N6O5S/c1-14-19(31)20(32)23(35-14)30-22-18(28-24(30)27-17-7-10-36(33,34)11-8-17)21(25-13-26-22)29-9-6-15-4-2-3-5-16(15)12-29/h2-5,13-14,17,19-20,23,31-32H,6-12H2,1H3,(H,27,28)/t14-,19-,20-,23-/m1/s1. The van der Waals surface area contributed by atoms with Crippen molar-refractivity contribution in [2.75, 3.05) is 28.3 Å². The fraction of sp³-hybridized carbons (Fsp3) is 0.542. The van der Waals surface area contributed by atoms with Crippen LogP contribution in [-0.4, -0.2) is 80.6 Å². The van der Waals surface area contributed by atoms with E-state index in [4.69, 9.17) is 9.72 Å². The number of sulfone groups is 1. The van der Waals surface area contributed by atoms with E-state index >= 15 is 0 Å². The van der Waals surface area contributed by atoms with E-state index < -0.39 is 34.4 Å². The largest absolute Gasteiger partial charge is 0.388 e. The Morgan fingerprint density at radius 3 is 2.56 bits per heavy atom. The first-order valence-corrected chi connectivity index (χ1v) is 14.2. The molecule has 36 heavy (non-hydrogen) atoms. The fourth-order valence-electron chi connectivity index (χ4n) is 5.41. The van der Waals surface area contributed by atoms with Crippen LogP contribution in [0.4, 0.5) is 11.8 Å². The smallest absolute Gasteiger partial charge is 0.207 e. The number of imidazole rings is 1. The second-order valence-corrected chi connectivity index (χ2v) is 12.2. The first-order chi connectivity index (χ1) is 17.3. The zero-order valence-corrected chi connectivity index (χ0v) is 20.8. The zero-order chi connectivity index (χ0) is 25.0. The first-order valence-electron chi connectivity index (χ1n) is 12.3. The van der Waals surface area contributed by atoms with E-state index in [1.165, 1.54) is 17.5 Å². The van der Waals surface area contributed by atoms with E-state index in [0.29, 0.717) is 42.3 Å². The fourth-order valence-corrected chi connectivity index (χ4v) is 6.90. The van der Waals surface area contributed by atoms with E-state index in [1.54, 1.807) is 11.5 Å². The van der Waals surface area contributed by atoms with Gasteiger partial charge < -0.3 is 25.2 Å². The maximum absolute atomic E-state index is 11.9. The Morgan fingerprint density at radius 1 is 1.08 bits per heavy atom. The molecular formula is C24H30N6O5S. The van der Waals surface area contributed by atoms with Crippen LogP contribution in [0.3, 0.4) is 0 Å². The molecule has 0 bridgehead atoms. The van der Waals surface area contributed by atoms with Crippen molar-refractivity contribution in [2.45, 2.75) is 63.3 Å². The lowest BCUT2D eigenvalue weighted by atomic mass is 10.00. The molecule has 0 saturated carbocycles. The second kappa shape index (κ2) is 8.94. The number of anilines is 2. The van der Waals surface area contributed by atoms with Crippen molar-refractivity contribution in [1.29, 1.82) is 0 Å². The number of ether oxygens (including phenoxy) is 1. The third kappa shape index (κ3) is 4.11. The number of aromatic nitrogens is 4. The summed E-state index contributed by atoms with van der Waals surface area (Å²) in [6, 6.07) is 8.24. The van der Waals surface area contributed by atoms with Crippen LogP contribution in [0.1, 0.15) is 37.1 Å². The van der Waals surface area contributed by atoms with E-state index in [9.17, 15) is 18.6 Å². The van der Waals surface area contributed by atoms with Gasteiger partial charge in [-0.15, -0.1) is 0 Å². The van der Waals surface area contributed by atoms with Gasteiger partial charge in [0.25, 0.3) is 0 Å². The van der Waals surface area contributed by atoms with Crippen LogP contribution in [0, 0.1) is 0 Å². The molecule has 11 nitrogen and oxygen atoms in total. The predicted octanol–water partition coefficient (Wildman–Crippen LogP) is 1.02. The molecule has 12 heteroatoms. The van der Waals surface area contributed by atoms with Crippen molar-refractivity contribution >= 4 is 32.8 Å². The summed E-state index contributed by atoms with van der Waals surface area (Å²) < 4.78 is 31.5. The van der Waals surface area contributed by atoms with Gasteiger partial charge in [0.1, 0.15) is 28.4 Å². The van der Waals surface area contributed by atoms with Gasteiger partial charge in [0.15, 0.2) is 23.2 Å². The third-order valence-corrected chi connectivity index (χ3v) is 9.22. The lowest BCUT2D eigenvalue weighted by molar-refractivity contribution is -0.0287. The van der Waals surface area contributed by atoms with Gasteiger partial charge in [-0.1, -0.05) is 24.3 Å². The van der Waals surface area contributed by atoms with Crippen LogP contribution in [0.25, 0.3) is 11.2 Å². The molecule has 0 unspecified atom stereocenters. The van der Waals surface area contributed by atoms with E-state index in [2.05, 4.69) is 38.4 Å². The Kier molecular flexibility index (Phi) is 5.86. The summed E-state index contributed by atoms with van der Waals surface area (Å²) in [6.07, 6.45) is -0.424. The van der Waals surface area contributed by atoms with Gasteiger partial charge in [-0.25, -0.2) is 23.4 Å². The molecule has 0 spiro atoms. The highest BCUT2D eigenvalue weighted by Gasteiger charge is 2.43. The molecule has 2 fully saturated rings. The third-order valence-electron chi connectivity index (χ3n) is 7.51. The average molecular weight is 515 g/mol. The number of hydrogen-bond acceptors (Lipinski definition) is 10. The summed E-state index contributed by atoms with van der Waals surface area (Å²) in [5.41, 5.74) is 3.61. The van der Waals surface area contributed by atoms with Crippen molar-refractivity contribution in [1.82, 2.24) is 19.5 Å². The van der Waals surface area contributed by atoms with Crippen molar-refractivity contribution in [3.05, 3.63) is 41.7 Å². The van der Waals surface area contributed by atoms with Gasteiger partial charge >= 0.3 is 0 Å². The van der Waals surface area contributed by atoms with Crippen LogP contribution in [-0.2, 0) is 27.5 Å². The number of rotatable bonds is 4. The zero-order valence-electron chi connectivity index (χ0n) is 20.0. The van der Waals surface area contributed by atoms with E-state index in [-0.39, 0.29) is 17.5 Å². The minimum absolute atomic E-state index is 0.108. The van der Waals surface area contributed by atoms with Crippen LogP contribution in [0.5, 0.6) is 0 Å². The molecule has 1 aromatic carbocycles. The van der Waals surface area contributed by atoms with Crippen LogP contribution in [0.2, 0.25) is 0 Å². The minimum Gasteiger partial charge on any atom is -0.388 e. The molecule has 3 aromatic rings. The number of hydrogen-bond donors (Lipinski definition) is 3. The molecule has 2 aromatic heterocycles. The molecule has 3 aliphatic heterocycles. The number of fused-ring (bicyclic) bond motifs is 2. The number of aliphatic hydroxyl groups excluding tert-OH is 2. The van der Waals surface area contributed by atoms with Crippen LogP contribution < -0.4 is 10.2 Å². The van der Waals surface area contributed by atoms with Gasteiger partial charge in [0, 0.05) is 19.1 Å². The summed E-state index contributed by atoms with van der Waals surface area (Å²) in [5, 5.41) is 24.6. The normalized spacial score (nSPS) is 28.4. The summed E-state index contributed by atoms with van der Waals surface area (Å²) in [5.74, 6) is 1.32. The van der Waals surface area contributed by atoms with E-state index in [0.717, 1.165) is 13.0 Å². The van der Waals surface area contributed by atoms with Crippen molar-refractivity contribution in [3.8, 4) is 0 Å². The molecule has 0 aliphatic carbocycles. The molecule has 6 rings (SSSR count). The SMILES string of the molecule is C[C@H]1O[C@@H](n2c(NC3CCS(=O)(=O)CC3)nc3c(N4CCc5ccccc5C4)ncnc32)[C@H](O)[C@@H]1O. The molecule has 3 N–H and O–H groups in total. The van der Waals surface area contributed by atoms with Gasteiger partial charge in [0.05, 0.1) is 17.6 Å². The summed E-state index contributed by atoms with van der Waals surface area (Å²) in [7, 11) is -3.02. The highest BCUT2D eigenvalue weighted by molar-refractivity contribution is 7.91. The Balaban J connectivity index is 1.41. The number of benzene rings is 1. The van der Waals surface area contributed by atoms with Gasteiger partial charge in [0.2, 0.25) is 5.95 Å². The Hall–Kier alpha value is -2.80. The molecule has 0 radical (unpaired) electrons. The highest BCUT2D eigenvalue weighted by atomic mass is 32.2. The topological polar surface area (TPSA) is 143 Å². The maximum atomic E-state index is 11.9. The molecule has 3 aliphatic rings. The first kappa shape index (κ1) is 23.6. The monoisotopic (exact) mass is 514 g/mol. The molecule has 4 atom stereocenters. The number of nitrogens with one attached hydrogen (secondary N) is 1. The summed E-state index contributed by atoms with van der Waals surface area (Å²) in [6.45, 7) is 3.17. The summed E-state index contributed by atoms with van der Waals surface area (Å²) >= 11 is 0.